The highest BCUT2D eigenvalue weighted by atomic mass is 19.2. The molecule has 9 heteroatoms. The first-order chi connectivity index (χ1) is 8.88. The Labute approximate surface area is 104 Å². The lowest BCUT2D eigenvalue weighted by Crippen LogP contribution is -2.38. The van der Waals surface area contributed by atoms with Crippen LogP contribution in [0.25, 0.3) is 0 Å². The fraction of sp³-hybridized carbons (Fsp3) is 0.200. The van der Waals surface area contributed by atoms with Gasteiger partial charge in [-0.25, -0.2) is 17.6 Å². The zero-order chi connectivity index (χ0) is 14.6. The fourth-order valence-electron chi connectivity index (χ4n) is 1.12. The molecule has 0 aromatic heterocycles. The van der Waals surface area contributed by atoms with E-state index >= 15 is 0 Å². The van der Waals surface area contributed by atoms with Gasteiger partial charge in [-0.05, 0) is 0 Å². The van der Waals surface area contributed by atoms with E-state index in [1.807, 2.05) is 5.32 Å². The van der Waals surface area contributed by atoms with Gasteiger partial charge in [-0.1, -0.05) is 0 Å². The van der Waals surface area contributed by atoms with Crippen molar-refractivity contribution in [3.8, 4) is 0 Å². The molecule has 1 rings (SSSR count). The van der Waals surface area contributed by atoms with Crippen molar-refractivity contribution in [3.63, 3.8) is 0 Å². The molecule has 0 aliphatic carbocycles. The second kappa shape index (κ2) is 6.14. The van der Waals surface area contributed by atoms with Gasteiger partial charge >= 0.3 is 11.8 Å². The molecule has 0 unspecified atom stereocenters. The van der Waals surface area contributed by atoms with Crippen LogP contribution in [-0.2, 0) is 9.59 Å². The molecule has 0 bridgehead atoms. The van der Waals surface area contributed by atoms with Crippen LogP contribution in [0.3, 0.4) is 0 Å². The lowest BCUT2D eigenvalue weighted by molar-refractivity contribution is -0.136. The van der Waals surface area contributed by atoms with Gasteiger partial charge in [0.15, 0.2) is 23.3 Å². The topological polar surface area (TPSA) is 84.2 Å². The van der Waals surface area contributed by atoms with E-state index in [4.69, 9.17) is 5.73 Å². The molecule has 0 aliphatic rings. The number of carbonyl (C=O) groups excluding carboxylic acids is 2. The van der Waals surface area contributed by atoms with Gasteiger partial charge in [0, 0.05) is 19.2 Å². The van der Waals surface area contributed by atoms with Gasteiger partial charge in [0.25, 0.3) is 0 Å². The van der Waals surface area contributed by atoms with Crippen molar-refractivity contribution >= 4 is 17.5 Å². The second-order valence-electron chi connectivity index (χ2n) is 3.34. The molecular weight excluding hydrogens is 270 g/mol. The third-order valence-electron chi connectivity index (χ3n) is 1.99. The summed E-state index contributed by atoms with van der Waals surface area (Å²) >= 11 is 0. The van der Waals surface area contributed by atoms with Gasteiger partial charge in [0.1, 0.15) is 5.69 Å². The molecule has 0 saturated heterocycles. The van der Waals surface area contributed by atoms with Gasteiger partial charge < -0.3 is 16.4 Å². The Morgan fingerprint density at radius 2 is 1.58 bits per heavy atom. The predicted octanol–water partition coefficient (Wildman–Crippen LogP) is 0.256. The van der Waals surface area contributed by atoms with E-state index < -0.39 is 40.8 Å². The van der Waals surface area contributed by atoms with E-state index in [1.54, 1.807) is 0 Å². The molecule has 5 nitrogen and oxygen atoms in total. The van der Waals surface area contributed by atoms with E-state index in [1.165, 1.54) is 5.32 Å². The van der Waals surface area contributed by atoms with Gasteiger partial charge in [-0.2, -0.15) is 0 Å². The molecule has 19 heavy (non-hydrogen) atoms. The summed E-state index contributed by atoms with van der Waals surface area (Å²) in [6.07, 6.45) is 0. The highest BCUT2D eigenvalue weighted by Crippen LogP contribution is 2.23. The quantitative estimate of drug-likeness (QED) is 0.421. The maximum atomic E-state index is 13.2. The van der Waals surface area contributed by atoms with E-state index in [0.717, 1.165) is 0 Å². The first-order valence-electron chi connectivity index (χ1n) is 5.00. The number of nitrogens with two attached hydrogens (primary N) is 1. The van der Waals surface area contributed by atoms with Crippen LogP contribution in [0.1, 0.15) is 0 Å². The van der Waals surface area contributed by atoms with Crippen LogP contribution in [0.4, 0.5) is 23.2 Å². The van der Waals surface area contributed by atoms with Crippen molar-refractivity contribution in [1.29, 1.82) is 0 Å². The molecule has 0 heterocycles. The van der Waals surface area contributed by atoms with Crippen molar-refractivity contribution in [3.05, 3.63) is 29.3 Å². The molecule has 0 aliphatic heterocycles. The number of hydrogen-bond donors (Lipinski definition) is 3. The number of nitrogens with one attached hydrogen (secondary N) is 2. The monoisotopic (exact) mass is 279 g/mol. The molecule has 1 aromatic carbocycles. The average Bonchev–Trinajstić information content (AvgIpc) is 2.38. The van der Waals surface area contributed by atoms with Crippen molar-refractivity contribution < 1.29 is 27.2 Å². The van der Waals surface area contributed by atoms with Crippen LogP contribution in [-0.4, -0.2) is 24.9 Å². The average molecular weight is 279 g/mol. The predicted molar refractivity (Wildman–Crippen MR) is 57.0 cm³/mol. The van der Waals surface area contributed by atoms with Crippen LogP contribution in [0.2, 0.25) is 0 Å². The zero-order valence-corrected chi connectivity index (χ0v) is 9.40. The first kappa shape index (κ1) is 14.9. The number of carbonyl (C=O) groups is 2. The maximum Gasteiger partial charge on any atom is 0.313 e. The lowest BCUT2D eigenvalue weighted by atomic mass is 10.2. The summed E-state index contributed by atoms with van der Waals surface area (Å²) < 4.78 is 52.0. The Kier molecular flexibility index (Phi) is 4.81. The third-order valence-corrected chi connectivity index (χ3v) is 1.99. The number of hydrogen-bond acceptors (Lipinski definition) is 3. The van der Waals surface area contributed by atoms with Gasteiger partial charge in [0.05, 0.1) is 0 Å². The number of anilines is 1. The summed E-state index contributed by atoms with van der Waals surface area (Å²) in [6.45, 7) is -0.00886. The van der Waals surface area contributed by atoms with Crippen molar-refractivity contribution in [2.24, 2.45) is 5.73 Å². The minimum absolute atomic E-state index is 0.0190. The number of amides is 2. The van der Waals surface area contributed by atoms with Crippen molar-refractivity contribution in [2.75, 3.05) is 18.4 Å². The standard InChI is InChI=1S/C10H9F4N3O2/c11-4-3-5(12)7(14)8(6(4)13)17-10(19)9(18)16-2-1-15/h3H,1-2,15H2,(H,16,18)(H,17,19). The maximum absolute atomic E-state index is 13.2. The van der Waals surface area contributed by atoms with Crippen molar-refractivity contribution in [2.45, 2.75) is 0 Å². The Balaban J connectivity index is 2.94. The summed E-state index contributed by atoms with van der Waals surface area (Å²) in [5, 5.41) is 3.46. The molecule has 0 saturated carbocycles. The Morgan fingerprint density at radius 3 is 2.05 bits per heavy atom. The van der Waals surface area contributed by atoms with Crippen LogP contribution < -0.4 is 16.4 Å². The summed E-state index contributed by atoms with van der Waals surface area (Å²) in [6, 6.07) is -0.0190. The Bertz CT molecular complexity index is 496. The van der Waals surface area contributed by atoms with Crippen LogP contribution >= 0.6 is 0 Å². The number of halogens is 4. The minimum Gasteiger partial charge on any atom is -0.347 e. The summed E-state index contributed by atoms with van der Waals surface area (Å²) in [4.78, 5) is 22.3. The van der Waals surface area contributed by atoms with E-state index in [2.05, 4.69) is 0 Å². The summed E-state index contributed by atoms with van der Waals surface area (Å²) in [5.41, 5.74) is 3.68. The molecule has 104 valence electrons. The lowest BCUT2D eigenvalue weighted by Gasteiger charge is -2.08. The summed E-state index contributed by atoms with van der Waals surface area (Å²) in [5.74, 6) is -9.73. The molecule has 0 fully saturated rings. The Hall–Kier alpha value is -2.16. The smallest absolute Gasteiger partial charge is 0.313 e. The molecule has 1 aromatic rings. The van der Waals surface area contributed by atoms with Crippen LogP contribution in [0.15, 0.2) is 6.07 Å². The van der Waals surface area contributed by atoms with E-state index in [9.17, 15) is 27.2 Å². The molecule has 2 amide bonds. The van der Waals surface area contributed by atoms with Crippen LogP contribution in [0, 0.1) is 23.3 Å². The highest BCUT2D eigenvalue weighted by Gasteiger charge is 2.23. The van der Waals surface area contributed by atoms with Gasteiger partial charge in [0.2, 0.25) is 0 Å². The normalized spacial score (nSPS) is 10.2. The van der Waals surface area contributed by atoms with Crippen LogP contribution in [0.5, 0.6) is 0 Å². The van der Waals surface area contributed by atoms with Crippen molar-refractivity contribution in [1.82, 2.24) is 5.32 Å². The Morgan fingerprint density at radius 1 is 1.05 bits per heavy atom. The molecule has 0 atom stereocenters. The molecule has 0 radical (unpaired) electrons. The molecule has 0 spiro atoms. The second-order valence-corrected chi connectivity index (χ2v) is 3.34. The zero-order valence-electron chi connectivity index (χ0n) is 9.40. The molecule has 4 N–H and O–H groups in total. The SMILES string of the molecule is NCCNC(=O)C(=O)Nc1c(F)c(F)cc(F)c1F. The van der Waals surface area contributed by atoms with Gasteiger partial charge in [-0.15, -0.1) is 0 Å². The minimum atomic E-state index is -1.81. The van der Waals surface area contributed by atoms with Gasteiger partial charge in [-0.3, -0.25) is 9.59 Å². The number of benzene rings is 1. The first-order valence-corrected chi connectivity index (χ1v) is 5.00. The third kappa shape index (κ3) is 3.41. The highest BCUT2D eigenvalue weighted by molar-refractivity contribution is 6.39. The largest absolute Gasteiger partial charge is 0.347 e. The number of rotatable bonds is 3. The van der Waals surface area contributed by atoms with E-state index in [0.29, 0.717) is 0 Å². The molecular formula is C10H9F4N3O2. The van der Waals surface area contributed by atoms with E-state index in [-0.39, 0.29) is 19.2 Å². The fourth-order valence-corrected chi connectivity index (χ4v) is 1.12. The summed E-state index contributed by atoms with van der Waals surface area (Å²) in [7, 11) is 0.